The van der Waals surface area contributed by atoms with E-state index < -0.39 is 17.8 Å². The van der Waals surface area contributed by atoms with Crippen molar-refractivity contribution in [2.24, 2.45) is 5.92 Å². The van der Waals surface area contributed by atoms with Crippen molar-refractivity contribution in [1.29, 1.82) is 0 Å². The molecule has 4 aliphatic heterocycles. The van der Waals surface area contributed by atoms with Crippen molar-refractivity contribution in [2.45, 2.75) is 35.4 Å². The number of carbonyl (C=O) groups excluding carboxylic acids is 2. The average Bonchev–Trinajstić information content (AvgIpc) is 3.26. The number of aromatic nitrogens is 3. The fourth-order valence-electron chi connectivity index (χ4n) is 4.17. The van der Waals surface area contributed by atoms with Gasteiger partial charge in [0.25, 0.3) is 0 Å². The van der Waals surface area contributed by atoms with Crippen LogP contribution in [-0.4, -0.2) is 49.6 Å². The highest BCUT2D eigenvalue weighted by atomic mass is 32.2. The second-order valence-electron chi connectivity index (χ2n) is 6.81. The summed E-state index contributed by atoms with van der Waals surface area (Å²) in [5.74, 6) is -2.57. The molecule has 0 N–H and O–H groups in total. The minimum atomic E-state index is -1.36. The predicted molar refractivity (Wildman–Crippen MR) is 95.7 cm³/mol. The lowest BCUT2D eigenvalue weighted by atomic mass is 9.74. The van der Waals surface area contributed by atoms with Gasteiger partial charge in [-0.3, -0.25) is 4.98 Å². The van der Waals surface area contributed by atoms with Crippen LogP contribution < -0.4 is 0 Å². The normalized spacial score (nSPS) is 28.4. The van der Waals surface area contributed by atoms with E-state index in [0.29, 0.717) is 0 Å². The Hall–Kier alpha value is -2.04. The van der Waals surface area contributed by atoms with Crippen molar-refractivity contribution in [1.82, 2.24) is 18.6 Å². The van der Waals surface area contributed by atoms with Crippen LogP contribution in [0.4, 0.5) is 0 Å². The molecule has 0 amide bonds. The van der Waals surface area contributed by atoms with Crippen LogP contribution in [-0.2, 0) is 24.8 Å². The molecule has 10 heteroatoms. The zero-order valence-corrected chi connectivity index (χ0v) is 15.9. The van der Waals surface area contributed by atoms with Crippen molar-refractivity contribution < 1.29 is 19.1 Å². The number of carbonyl (C=O) groups is 2. The van der Waals surface area contributed by atoms with Gasteiger partial charge in [-0.25, -0.2) is 14.5 Å². The molecule has 8 nitrogen and oxygen atoms in total. The molecular weight excluding hydrogens is 388 g/mol. The first kappa shape index (κ1) is 17.1. The molecule has 6 rings (SSSR count). The molecule has 0 radical (unpaired) electrons. The van der Waals surface area contributed by atoms with E-state index in [1.54, 1.807) is 24.2 Å². The highest BCUT2D eigenvalue weighted by Gasteiger charge is 2.65. The average molecular weight is 404 g/mol. The SMILES string of the molecule is O=C1OC2(OC1=O)C(c1nsnc1SCc1ccncc1)C1CCN2CC1. The molecule has 0 aromatic carbocycles. The van der Waals surface area contributed by atoms with Crippen LogP contribution in [0.2, 0.25) is 0 Å². The Labute approximate surface area is 163 Å². The summed E-state index contributed by atoms with van der Waals surface area (Å²) in [5, 5.41) is 0.800. The third-order valence-corrected chi connectivity index (χ3v) is 7.10. The van der Waals surface area contributed by atoms with Crippen LogP contribution in [0.15, 0.2) is 29.6 Å². The van der Waals surface area contributed by atoms with Crippen LogP contribution in [0.3, 0.4) is 0 Å². The van der Waals surface area contributed by atoms with Crippen LogP contribution in [0.25, 0.3) is 0 Å². The van der Waals surface area contributed by atoms with Gasteiger partial charge in [0, 0.05) is 31.2 Å². The predicted octanol–water partition coefficient (Wildman–Crippen LogP) is 1.79. The van der Waals surface area contributed by atoms with Gasteiger partial charge in [0.05, 0.1) is 11.7 Å². The van der Waals surface area contributed by atoms with Crippen LogP contribution >= 0.6 is 23.5 Å². The molecule has 6 heterocycles. The summed E-state index contributed by atoms with van der Waals surface area (Å²) in [7, 11) is 0. The summed E-state index contributed by atoms with van der Waals surface area (Å²) in [6.45, 7) is 1.47. The Morgan fingerprint density at radius 3 is 2.56 bits per heavy atom. The van der Waals surface area contributed by atoms with Crippen molar-refractivity contribution in [3.05, 3.63) is 35.8 Å². The molecular formula is C17H16N4O4S2. The molecule has 2 bridgehead atoms. The molecule has 2 aromatic rings. The van der Waals surface area contributed by atoms with E-state index in [1.807, 2.05) is 17.0 Å². The number of thioether (sulfide) groups is 1. The van der Waals surface area contributed by atoms with Crippen molar-refractivity contribution >= 4 is 35.4 Å². The monoisotopic (exact) mass is 404 g/mol. The van der Waals surface area contributed by atoms with Crippen LogP contribution in [0, 0.1) is 5.92 Å². The lowest BCUT2D eigenvalue weighted by molar-refractivity contribution is -0.300. The topological polar surface area (TPSA) is 94.5 Å². The van der Waals surface area contributed by atoms with E-state index in [4.69, 9.17) is 9.47 Å². The zero-order chi connectivity index (χ0) is 18.4. The van der Waals surface area contributed by atoms with E-state index in [2.05, 4.69) is 13.7 Å². The Kier molecular flexibility index (Phi) is 4.14. The van der Waals surface area contributed by atoms with Crippen LogP contribution in [0.5, 0.6) is 0 Å². The second-order valence-corrected chi connectivity index (χ2v) is 8.30. The molecule has 27 heavy (non-hydrogen) atoms. The first-order valence-electron chi connectivity index (χ1n) is 8.73. The second kappa shape index (κ2) is 6.54. The van der Waals surface area contributed by atoms with Gasteiger partial charge in [-0.1, -0.05) is 11.8 Å². The van der Waals surface area contributed by atoms with Gasteiger partial charge in [0.2, 0.25) is 0 Å². The molecule has 2 aromatic heterocycles. The number of hydrogen-bond acceptors (Lipinski definition) is 10. The fraction of sp³-hybridized carbons (Fsp3) is 0.471. The molecule has 4 fully saturated rings. The highest BCUT2D eigenvalue weighted by Crippen LogP contribution is 2.53. The quantitative estimate of drug-likeness (QED) is 0.429. The third kappa shape index (κ3) is 2.74. The smallest absolute Gasteiger partial charge is 0.399 e. The number of nitrogens with zero attached hydrogens (tertiary/aromatic N) is 4. The summed E-state index contributed by atoms with van der Waals surface area (Å²) in [6, 6.07) is 3.92. The largest absolute Gasteiger partial charge is 0.421 e. The lowest BCUT2D eigenvalue weighted by Gasteiger charge is -2.53. The number of pyridine rings is 1. The van der Waals surface area contributed by atoms with Gasteiger partial charge in [-0.05, 0) is 36.5 Å². The van der Waals surface area contributed by atoms with E-state index in [9.17, 15) is 9.59 Å². The minimum Gasteiger partial charge on any atom is -0.399 e. The number of hydrogen-bond donors (Lipinski definition) is 0. The summed E-state index contributed by atoms with van der Waals surface area (Å²) < 4.78 is 20.0. The number of fused-ring (bicyclic) bond motifs is 2. The van der Waals surface area contributed by atoms with Crippen molar-refractivity contribution in [3.63, 3.8) is 0 Å². The van der Waals surface area contributed by atoms with Gasteiger partial charge >= 0.3 is 17.8 Å². The van der Waals surface area contributed by atoms with E-state index >= 15 is 0 Å². The van der Waals surface area contributed by atoms with Gasteiger partial charge < -0.3 is 9.47 Å². The maximum atomic E-state index is 11.9. The van der Waals surface area contributed by atoms with Gasteiger partial charge in [-0.2, -0.15) is 8.75 Å². The summed E-state index contributed by atoms with van der Waals surface area (Å²) in [5.41, 5.74) is 1.90. The maximum Gasteiger partial charge on any atom is 0.421 e. The highest BCUT2D eigenvalue weighted by molar-refractivity contribution is 7.98. The molecule has 1 unspecified atom stereocenters. The third-order valence-electron chi connectivity index (χ3n) is 5.39. The van der Waals surface area contributed by atoms with E-state index in [1.165, 1.54) is 0 Å². The Morgan fingerprint density at radius 2 is 1.85 bits per heavy atom. The number of ether oxygens (including phenoxy) is 2. The molecule has 1 spiro atoms. The maximum absolute atomic E-state index is 11.9. The summed E-state index contributed by atoms with van der Waals surface area (Å²) in [4.78, 5) is 29.7. The summed E-state index contributed by atoms with van der Waals surface area (Å²) >= 11 is 2.71. The van der Waals surface area contributed by atoms with Crippen molar-refractivity contribution in [2.75, 3.05) is 13.1 Å². The Morgan fingerprint density at radius 1 is 1.15 bits per heavy atom. The number of rotatable bonds is 4. The first-order chi connectivity index (χ1) is 13.2. The molecule has 4 aliphatic rings. The zero-order valence-electron chi connectivity index (χ0n) is 14.2. The van der Waals surface area contributed by atoms with Crippen LogP contribution in [0.1, 0.15) is 30.0 Å². The lowest BCUT2D eigenvalue weighted by Crippen LogP contribution is -2.64. The fourth-order valence-corrected chi connectivity index (χ4v) is 5.85. The minimum absolute atomic E-state index is 0.234. The molecule has 0 saturated carbocycles. The number of piperidine rings is 3. The standard InChI is InChI=1S/C17H16N4O4S2/c22-15-16(23)25-17(24-15)12(11-3-7-21(17)8-4-11)13-14(20-27-19-13)26-9-10-1-5-18-6-2-10/h1-2,5-6,11-12H,3-4,7-9H2. The van der Waals surface area contributed by atoms with Gasteiger partial charge in [-0.15, -0.1) is 0 Å². The van der Waals surface area contributed by atoms with Gasteiger partial charge in [0.15, 0.2) is 0 Å². The van der Waals surface area contributed by atoms with Gasteiger partial charge in [0.1, 0.15) is 16.6 Å². The Balaban J connectivity index is 1.47. The molecule has 140 valence electrons. The number of esters is 2. The summed E-state index contributed by atoms with van der Waals surface area (Å²) in [6.07, 6.45) is 5.42. The molecule has 0 aliphatic carbocycles. The first-order valence-corrected chi connectivity index (χ1v) is 10.4. The molecule has 4 saturated heterocycles. The molecule has 1 atom stereocenters. The van der Waals surface area contributed by atoms with E-state index in [-0.39, 0.29) is 11.8 Å². The van der Waals surface area contributed by atoms with E-state index in [0.717, 1.165) is 59.7 Å². The Bertz CT molecular complexity index is 866. The van der Waals surface area contributed by atoms with Crippen molar-refractivity contribution in [3.8, 4) is 0 Å².